The molecule has 96 valence electrons. The number of nitrogens with zero attached hydrogens (tertiary/aromatic N) is 6. The Morgan fingerprint density at radius 3 is 3.33 bits per heavy atom. The Balaban J connectivity index is 1.87. The lowest BCUT2D eigenvalue weighted by molar-refractivity contribution is 0.0417. The van der Waals surface area contributed by atoms with Crippen LogP contribution in [0.4, 0.5) is 5.82 Å². The van der Waals surface area contributed by atoms with E-state index in [1.54, 1.807) is 16.9 Å². The molecule has 2 aromatic heterocycles. The highest BCUT2D eigenvalue weighted by Crippen LogP contribution is 2.16. The Morgan fingerprint density at radius 2 is 2.44 bits per heavy atom. The van der Waals surface area contributed by atoms with Crippen LogP contribution in [0.3, 0.4) is 0 Å². The second-order valence-electron chi connectivity index (χ2n) is 4.21. The predicted molar refractivity (Wildman–Crippen MR) is 64.5 cm³/mol. The fourth-order valence-corrected chi connectivity index (χ4v) is 2.16. The number of hydrogen-bond donors (Lipinski definition) is 1. The van der Waals surface area contributed by atoms with Crippen LogP contribution < -0.4 is 10.2 Å². The summed E-state index contributed by atoms with van der Waals surface area (Å²) in [5.41, 5.74) is 0.657. The summed E-state index contributed by atoms with van der Waals surface area (Å²) in [5, 5.41) is 14.7. The lowest BCUT2D eigenvalue weighted by Crippen LogP contribution is -2.46. The van der Waals surface area contributed by atoms with Gasteiger partial charge in [-0.1, -0.05) is 0 Å². The summed E-state index contributed by atoms with van der Waals surface area (Å²) in [6.45, 7) is 3.16. The summed E-state index contributed by atoms with van der Waals surface area (Å²) >= 11 is 0. The molecular formula is C10H15N7O. The summed E-state index contributed by atoms with van der Waals surface area (Å²) in [6.07, 6.45) is 3.61. The zero-order valence-electron chi connectivity index (χ0n) is 10.2. The van der Waals surface area contributed by atoms with Gasteiger partial charge in [0.05, 0.1) is 25.1 Å². The molecule has 3 heterocycles. The van der Waals surface area contributed by atoms with Crippen molar-refractivity contribution in [2.24, 2.45) is 0 Å². The Labute approximate surface area is 104 Å². The number of aromatic nitrogens is 5. The van der Waals surface area contributed by atoms with Gasteiger partial charge in [-0.3, -0.25) is 4.98 Å². The third kappa shape index (κ3) is 2.00. The van der Waals surface area contributed by atoms with E-state index in [1.165, 1.54) is 0 Å². The zero-order chi connectivity index (χ0) is 12.4. The van der Waals surface area contributed by atoms with E-state index in [2.05, 4.69) is 30.7 Å². The van der Waals surface area contributed by atoms with E-state index < -0.39 is 0 Å². The molecule has 8 heteroatoms. The maximum atomic E-state index is 5.68. The maximum Gasteiger partial charge on any atom is 0.199 e. The predicted octanol–water partition coefficient (Wildman–Crippen LogP) is -1.06. The lowest BCUT2D eigenvalue weighted by atomic mass is 10.2. The molecule has 3 rings (SSSR count). The Morgan fingerprint density at radius 1 is 1.50 bits per heavy atom. The smallest absolute Gasteiger partial charge is 0.199 e. The number of rotatable bonds is 3. The van der Waals surface area contributed by atoms with Crippen LogP contribution in [0, 0.1) is 0 Å². The molecule has 0 radical (unpaired) electrons. The van der Waals surface area contributed by atoms with Crippen molar-refractivity contribution in [3.63, 3.8) is 0 Å². The van der Waals surface area contributed by atoms with Crippen molar-refractivity contribution < 1.29 is 4.74 Å². The van der Waals surface area contributed by atoms with Gasteiger partial charge in [0.15, 0.2) is 11.5 Å². The molecule has 1 saturated heterocycles. The molecule has 18 heavy (non-hydrogen) atoms. The SMILES string of the molecule is CNCC1CN(c2cncc3nnnn23)CCO1. The summed E-state index contributed by atoms with van der Waals surface area (Å²) in [5.74, 6) is 0.905. The third-order valence-electron chi connectivity index (χ3n) is 2.99. The number of morpholine rings is 1. The molecule has 0 bridgehead atoms. The Kier molecular flexibility index (Phi) is 3.03. The number of fused-ring (bicyclic) bond motifs is 1. The van der Waals surface area contributed by atoms with E-state index in [1.807, 2.05) is 7.05 Å². The summed E-state index contributed by atoms with van der Waals surface area (Å²) in [7, 11) is 1.92. The van der Waals surface area contributed by atoms with E-state index in [4.69, 9.17) is 4.74 Å². The van der Waals surface area contributed by atoms with Crippen molar-refractivity contribution in [3.05, 3.63) is 12.4 Å². The minimum Gasteiger partial charge on any atom is -0.373 e. The highest BCUT2D eigenvalue weighted by atomic mass is 16.5. The highest BCUT2D eigenvalue weighted by molar-refractivity contribution is 5.46. The molecule has 0 aliphatic carbocycles. The van der Waals surface area contributed by atoms with Crippen molar-refractivity contribution in [3.8, 4) is 0 Å². The van der Waals surface area contributed by atoms with Gasteiger partial charge in [0.1, 0.15) is 0 Å². The van der Waals surface area contributed by atoms with Gasteiger partial charge < -0.3 is 15.0 Å². The van der Waals surface area contributed by atoms with Crippen LogP contribution in [-0.4, -0.2) is 64.4 Å². The zero-order valence-corrected chi connectivity index (χ0v) is 10.2. The van der Waals surface area contributed by atoms with Crippen LogP contribution in [0.15, 0.2) is 12.4 Å². The minimum absolute atomic E-state index is 0.176. The van der Waals surface area contributed by atoms with Gasteiger partial charge in [0.25, 0.3) is 0 Å². The number of ether oxygens (including phenoxy) is 1. The van der Waals surface area contributed by atoms with Crippen molar-refractivity contribution in [2.75, 3.05) is 38.2 Å². The number of hydrogen-bond acceptors (Lipinski definition) is 7. The van der Waals surface area contributed by atoms with Crippen LogP contribution in [0.25, 0.3) is 5.65 Å². The molecule has 2 aromatic rings. The van der Waals surface area contributed by atoms with Crippen LogP contribution in [0.1, 0.15) is 0 Å². The largest absolute Gasteiger partial charge is 0.373 e. The van der Waals surface area contributed by atoms with Crippen LogP contribution in [0.2, 0.25) is 0 Å². The molecule has 1 aliphatic heterocycles. The maximum absolute atomic E-state index is 5.68. The molecule has 0 amide bonds. The first-order valence-corrected chi connectivity index (χ1v) is 5.92. The van der Waals surface area contributed by atoms with Gasteiger partial charge in [0.2, 0.25) is 0 Å². The van der Waals surface area contributed by atoms with Gasteiger partial charge in [-0.2, -0.15) is 4.52 Å². The molecule has 0 aromatic carbocycles. The number of tetrazole rings is 1. The molecule has 1 atom stereocenters. The fraction of sp³-hybridized carbons (Fsp3) is 0.600. The fourth-order valence-electron chi connectivity index (χ4n) is 2.16. The topological polar surface area (TPSA) is 80.5 Å². The lowest BCUT2D eigenvalue weighted by Gasteiger charge is -2.33. The van der Waals surface area contributed by atoms with E-state index in [-0.39, 0.29) is 6.10 Å². The second-order valence-corrected chi connectivity index (χ2v) is 4.21. The summed E-state index contributed by atoms with van der Waals surface area (Å²) in [4.78, 5) is 6.37. The Bertz CT molecular complexity index is 526. The molecule has 1 fully saturated rings. The van der Waals surface area contributed by atoms with E-state index in [9.17, 15) is 0 Å². The first-order chi connectivity index (χ1) is 8.88. The van der Waals surface area contributed by atoms with Crippen LogP contribution in [0.5, 0.6) is 0 Å². The average Bonchev–Trinajstić information content (AvgIpc) is 2.87. The van der Waals surface area contributed by atoms with Gasteiger partial charge in [-0.25, -0.2) is 0 Å². The third-order valence-corrected chi connectivity index (χ3v) is 2.99. The summed E-state index contributed by atoms with van der Waals surface area (Å²) in [6, 6.07) is 0. The van der Waals surface area contributed by atoms with Crippen molar-refractivity contribution >= 4 is 11.5 Å². The molecule has 8 nitrogen and oxygen atoms in total. The number of likely N-dealkylation sites (N-methyl/N-ethyl adjacent to an activating group) is 1. The summed E-state index contributed by atoms with van der Waals surface area (Å²) < 4.78 is 7.38. The molecule has 1 aliphatic rings. The van der Waals surface area contributed by atoms with Gasteiger partial charge in [0, 0.05) is 19.6 Å². The minimum atomic E-state index is 0.176. The molecule has 0 spiro atoms. The average molecular weight is 249 g/mol. The monoisotopic (exact) mass is 249 g/mol. The van der Waals surface area contributed by atoms with Crippen molar-refractivity contribution in [2.45, 2.75) is 6.10 Å². The van der Waals surface area contributed by atoms with Gasteiger partial charge in [-0.15, -0.1) is 5.10 Å². The number of nitrogens with one attached hydrogen (secondary N) is 1. The number of anilines is 1. The van der Waals surface area contributed by atoms with Crippen molar-refractivity contribution in [1.29, 1.82) is 0 Å². The van der Waals surface area contributed by atoms with E-state index in [0.29, 0.717) is 12.3 Å². The quantitative estimate of drug-likeness (QED) is 0.743. The molecule has 1 unspecified atom stereocenters. The van der Waals surface area contributed by atoms with Crippen LogP contribution >= 0.6 is 0 Å². The molecule has 1 N–H and O–H groups in total. The standard InChI is InChI=1S/C10H15N7O/c1-11-4-8-7-16(2-3-18-8)10-6-12-5-9-13-14-15-17(9)10/h5-6,8,11H,2-4,7H2,1H3. The molecular weight excluding hydrogens is 234 g/mol. The first kappa shape index (κ1) is 11.3. The normalized spacial score (nSPS) is 20.5. The van der Waals surface area contributed by atoms with E-state index >= 15 is 0 Å². The second kappa shape index (κ2) is 4.83. The van der Waals surface area contributed by atoms with Gasteiger partial charge >= 0.3 is 0 Å². The van der Waals surface area contributed by atoms with Gasteiger partial charge in [-0.05, 0) is 17.5 Å². The van der Waals surface area contributed by atoms with E-state index in [0.717, 1.165) is 25.5 Å². The first-order valence-electron chi connectivity index (χ1n) is 5.92. The highest BCUT2D eigenvalue weighted by Gasteiger charge is 2.22. The molecule has 0 saturated carbocycles. The van der Waals surface area contributed by atoms with Crippen molar-refractivity contribution in [1.82, 2.24) is 30.3 Å². The Hall–Kier alpha value is -1.80. The van der Waals surface area contributed by atoms with Crippen LogP contribution in [-0.2, 0) is 4.74 Å².